The number of rotatable bonds is 11. The molecule has 0 spiro atoms. The van der Waals surface area contributed by atoms with Crippen LogP contribution in [0.5, 0.6) is 0 Å². The SMILES string of the molecule is COCC(NC(=O)N1CC=CNC1=O)C(C(=O)OCCC#N)C(c1ccc(F)c(F)c1)N1CCC(c2ccccn2)CC1. The summed E-state index contributed by atoms with van der Waals surface area (Å²) in [7, 11) is 1.39. The van der Waals surface area contributed by atoms with E-state index in [-0.39, 0.29) is 32.1 Å². The second-order valence-corrected chi connectivity index (χ2v) is 10.3. The third-order valence-electron chi connectivity index (χ3n) is 7.58. The van der Waals surface area contributed by atoms with Gasteiger partial charge in [-0.25, -0.2) is 23.3 Å². The van der Waals surface area contributed by atoms with E-state index in [9.17, 15) is 23.2 Å². The molecular formula is C30H34F2N6O5. The predicted octanol–water partition coefficient (Wildman–Crippen LogP) is 3.62. The maximum absolute atomic E-state index is 14.6. The van der Waals surface area contributed by atoms with Crippen LogP contribution >= 0.6 is 0 Å². The second-order valence-electron chi connectivity index (χ2n) is 10.3. The first-order chi connectivity index (χ1) is 20.8. The summed E-state index contributed by atoms with van der Waals surface area (Å²) in [5, 5.41) is 14.2. The number of benzene rings is 1. The van der Waals surface area contributed by atoms with Crippen molar-refractivity contribution in [3.63, 3.8) is 0 Å². The number of methoxy groups -OCH3 is 1. The molecule has 0 bridgehead atoms. The number of carbonyl (C=O) groups is 3. The minimum absolute atomic E-state index is 0.00227. The topological polar surface area (TPSA) is 137 Å². The first-order valence-electron chi connectivity index (χ1n) is 14.0. The largest absolute Gasteiger partial charge is 0.464 e. The highest BCUT2D eigenvalue weighted by Crippen LogP contribution is 2.38. The Morgan fingerprint density at radius 2 is 2.00 bits per heavy atom. The summed E-state index contributed by atoms with van der Waals surface area (Å²) in [6.45, 7) is 0.576. The van der Waals surface area contributed by atoms with E-state index in [0.717, 1.165) is 22.7 Å². The fraction of sp³-hybridized carbons (Fsp3) is 0.433. The lowest BCUT2D eigenvalue weighted by atomic mass is 9.83. The number of hydrogen-bond donors (Lipinski definition) is 2. The van der Waals surface area contributed by atoms with Crippen molar-refractivity contribution in [3.05, 3.63) is 77.8 Å². The predicted molar refractivity (Wildman–Crippen MR) is 150 cm³/mol. The number of hydrogen-bond acceptors (Lipinski definition) is 8. The summed E-state index contributed by atoms with van der Waals surface area (Å²) >= 11 is 0. The maximum Gasteiger partial charge on any atom is 0.329 e. The average Bonchev–Trinajstić information content (AvgIpc) is 3.02. The number of halogens is 2. The van der Waals surface area contributed by atoms with Gasteiger partial charge in [-0.15, -0.1) is 0 Å². The van der Waals surface area contributed by atoms with Crippen LogP contribution in [-0.2, 0) is 14.3 Å². The van der Waals surface area contributed by atoms with Gasteiger partial charge in [-0.05, 0) is 61.8 Å². The highest BCUT2D eigenvalue weighted by Gasteiger charge is 2.43. The van der Waals surface area contributed by atoms with Crippen molar-refractivity contribution < 1.29 is 32.6 Å². The lowest BCUT2D eigenvalue weighted by Crippen LogP contribution is -2.57. The average molecular weight is 597 g/mol. The van der Waals surface area contributed by atoms with Crippen molar-refractivity contribution >= 4 is 18.0 Å². The van der Waals surface area contributed by atoms with Crippen LogP contribution in [0.15, 0.2) is 54.9 Å². The lowest BCUT2D eigenvalue weighted by molar-refractivity contribution is -0.153. The van der Waals surface area contributed by atoms with E-state index >= 15 is 0 Å². The van der Waals surface area contributed by atoms with Gasteiger partial charge >= 0.3 is 18.0 Å². The van der Waals surface area contributed by atoms with Gasteiger partial charge in [0, 0.05) is 31.1 Å². The fourth-order valence-electron chi connectivity index (χ4n) is 5.51. The Balaban J connectivity index is 1.71. The van der Waals surface area contributed by atoms with Gasteiger partial charge < -0.3 is 20.1 Å². The molecule has 0 radical (unpaired) electrons. The molecule has 4 amide bonds. The Labute approximate surface area is 248 Å². The first kappa shape index (κ1) is 31.5. The Hall–Kier alpha value is -4.41. The molecule has 0 aliphatic carbocycles. The van der Waals surface area contributed by atoms with Crippen molar-refractivity contribution in [3.8, 4) is 6.07 Å². The highest BCUT2D eigenvalue weighted by atomic mass is 19.2. The van der Waals surface area contributed by atoms with Crippen LogP contribution < -0.4 is 10.6 Å². The normalized spacial score (nSPS) is 17.8. The number of amides is 4. The van der Waals surface area contributed by atoms with Crippen LogP contribution in [0.2, 0.25) is 0 Å². The van der Waals surface area contributed by atoms with E-state index in [2.05, 4.69) is 15.6 Å². The summed E-state index contributed by atoms with van der Waals surface area (Å²) in [4.78, 5) is 46.8. The standard InChI is InChI=1S/C30H34F2N6O5/c1-42-19-25(36-30(41)38-14-5-13-35-29(38)40)26(28(39)43-17-4-11-33)27(21-7-8-22(31)23(32)18-21)37-15-9-20(10-16-37)24-6-2-3-12-34-24/h2-3,5-8,12-13,18,20,25-27H,4,9-10,14-17,19H2,1H3,(H,35,40)(H,36,41). The molecule has 0 saturated carbocycles. The monoisotopic (exact) mass is 596 g/mol. The van der Waals surface area contributed by atoms with Crippen molar-refractivity contribution in [2.75, 3.05) is 40.0 Å². The molecule has 1 saturated heterocycles. The van der Waals surface area contributed by atoms with Crippen molar-refractivity contribution in [2.24, 2.45) is 5.92 Å². The molecule has 1 aromatic heterocycles. The summed E-state index contributed by atoms with van der Waals surface area (Å²) < 4.78 is 39.6. The summed E-state index contributed by atoms with van der Waals surface area (Å²) in [6.07, 6.45) is 6.02. The number of ether oxygens (including phenoxy) is 2. The number of nitrogens with zero attached hydrogens (tertiary/aromatic N) is 4. The maximum atomic E-state index is 14.6. The summed E-state index contributed by atoms with van der Waals surface area (Å²) in [6, 6.07) is 7.69. The molecule has 3 unspecified atom stereocenters. The van der Waals surface area contributed by atoms with E-state index in [4.69, 9.17) is 14.7 Å². The van der Waals surface area contributed by atoms with Crippen LogP contribution in [0, 0.1) is 28.9 Å². The van der Waals surface area contributed by atoms with Gasteiger partial charge in [0.1, 0.15) is 6.61 Å². The molecule has 228 valence electrons. The number of pyridine rings is 1. The molecule has 2 aliphatic rings. The minimum Gasteiger partial charge on any atom is -0.464 e. The van der Waals surface area contributed by atoms with E-state index in [0.29, 0.717) is 31.5 Å². The Kier molecular flexibility index (Phi) is 11.1. The molecule has 3 atom stereocenters. The summed E-state index contributed by atoms with van der Waals surface area (Å²) in [5.74, 6) is -3.93. The highest BCUT2D eigenvalue weighted by molar-refractivity contribution is 5.95. The smallest absolute Gasteiger partial charge is 0.329 e. The zero-order valence-corrected chi connectivity index (χ0v) is 23.7. The Bertz CT molecular complexity index is 1350. The molecule has 11 nitrogen and oxygen atoms in total. The first-order valence-corrected chi connectivity index (χ1v) is 14.0. The molecule has 2 aromatic rings. The van der Waals surface area contributed by atoms with Crippen LogP contribution in [0.3, 0.4) is 0 Å². The van der Waals surface area contributed by atoms with Crippen LogP contribution in [0.25, 0.3) is 0 Å². The van der Waals surface area contributed by atoms with E-state index in [1.165, 1.54) is 19.4 Å². The zero-order valence-electron chi connectivity index (χ0n) is 23.7. The van der Waals surface area contributed by atoms with Gasteiger partial charge in [0.15, 0.2) is 11.6 Å². The number of piperidine rings is 1. The molecule has 2 aliphatic heterocycles. The fourth-order valence-corrected chi connectivity index (χ4v) is 5.51. The van der Waals surface area contributed by atoms with Crippen LogP contribution in [0.1, 0.15) is 42.5 Å². The number of esters is 1. The van der Waals surface area contributed by atoms with Crippen molar-refractivity contribution in [1.29, 1.82) is 5.26 Å². The van der Waals surface area contributed by atoms with Crippen molar-refractivity contribution in [1.82, 2.24) is 25.4 Å². The summed E-state index contributed by atoms with van der Waals surface area (Å²) in [5.41, 5.74) is 1.24. The third kappa shape index (κ3) is 7.91. The number of nitriles is 1. The molecule has 1 fully saturated rings. The number of nitrogens with one attached hydrogen (secondary N) is 2. The van der Waals surface area contributed by atoms with Gasteiger partial charge in [-0.3, -0.25) is 14.7 Å². The van der Waals surface area contributed by atoms with Gasteiger partial charge in [-0.1, -0.05) is 12.1 Å². The number of urea groups is 2. The molecule has 4 rings (SSSR count). The van der Waals surface area contributed by atoms with E-state index < -0.39 is 47.7 Å². The minimum atomic E-state index is -1.19. The van der Waals surface area contributed by atoms with Gasteiger partial charge in [-0.2, -0.15) is 5.26 Å². The van der Waals surface area contributed by atoms with Gasteiger partial charge in [0.2, 0.25) is 0 Å². The molecule has 1 aromatic carbocycles. The lowest BCUT2D eigenvalue weighted by Gasteiger charge is -2.43. The second kappa shape index (κ2) is 15.2. The molecule has 13 heteroatoms. The molecular weight excluding hydrogens is 562 g/mol. The van der Waals surface area contributed by atoms with Crippen LogP contribution in [0.4, 0.5) is 18.4 Å². The molecule has 43 heavy (non-hydrogen) atoms. The zero-order chi connectivity index (χ0) is 30.8. The Morgan fingerprint density at radius 3 is 2.65 bits per heavy atom. The van der Waals surface area contributed by atoms with Gasteiger partial charge in [0.25, 0.3) is 0 Å². The molecule has 2 N–H and O–H groups in total. The van der Waals surface area contributed by atoms with E-state index in [1.54, 1.807) is 12.3 Å². The van der Waals surface area contributed by atoms with Crippen molar-refractivity contribution in [2.45, 2.75) is 37.3 Å². The Morgan fingerprint density at radius 1 is 1.21 bits per heavy atom. The number of aromatic nitrogens is 1. The number of likely N-dealkylation sites (tertiary alicyclic amines) is 1. The third-order valence-corrected chi connectivity index (χ3v) is 7.58. The molecule has 3 heterocycles. The van der Waals surface area contributed by atoms with Crippen LogP contribution in [-0.4, -0.2) is 78.8 Å². The number of carbonyl (C=O) groups excluding carboxylic acids is 3. The quantitative estimate of drug-likeness (QED) is 0.297. The number of imide groups is 1. The van der Waals surface area contributed by atoms with E-state index in [1.807, 2.05) is 29.2 Å². The van der Waals surface area contributed by atoms with Gasteiger partial charge in [0.05, 0.1) is 43.6 Å².